The van der Waals surface area contributed by atoms with Crippen LogP contribution in [0.2, 0.25) is 0 Å². The minimum atomic E-state index is 0. The number of imidazole rings is 1. The molecule has 5 rings (SSSR count). The number of aliphatic imine (C=N–C) groups is 1. The second-order valence-corrected chi connectivity index (χ2v) is 7.98. The lowest BCUT2D eigenvalue weighted by molar-refractivity contribution is 0.171. The van der Waals surface area contributed by atoms with Crippen molar-refractivity contribution >= 4 is 35.6 Å². The Labute approximate surface area is 205 Å². The number of nitrogens with zero attached hydrogens (tertiary/aromatic N) is 5. The van der Waals surface area contributed by atoms with E-state index in [0.29, 0.717) is 13.3 Å². The van der Waals surface area contributed by atoms with Gasteiger partial charge in [-0.3, -0.25) is 9.89 Å². The second-order valence-electron chi connectivity index (χ2n) is 7.98. The highest BCUT2D eigenvalue weighted by atomic mass is 127. The van der Waals surface area contributed by atoms with Crippen molar-refractivity contribution in [1.29, 1.82) is 0 Å². The summed E-state index contributed by atoms with van der Waals surface area (Å²) in [6, 6.07) is 12.4. The molecule has 4 heterocycles. The van der Waals surface area contributed by atoms with Gasteiger partial charge in [0, 0.05) is 51.7 Å². The maximum Gasteiger partial charge on any atom is 0.231 e. The van der Waals surface area contributed by atoms with Crippen molar-refractivity contribution in [2.75, 3.05) is 40.0 Å². The van der Waals surface area contributed by atoms with Crippen molar-refractivity contribution in [3.05, 3.63) is 59.5 Å². The zero-order valence-corrected chi connectivity index (χ0v) is 20.8. The van der Waals surface area contributed by atoms with E-state index in [-0.39, 0.29) is 24.0 Å². The molecule has 1 aromatic carbocycles. The zero-order valence-electron chi connectivity index (χ0n) is 18.5. The van der Waals surface area contributed by atoms with Gasteiger partial charge in [0.2, 0.25) is 6.79 Å². The van der Waals surface area contributed by atoms with Crippen LogP contribution < -0.4 is 14.8 Å². The number of hydrogen-bond acceptors (Lipinski definition) is 5. The molecule has 0 atom stereocenters. The van der Waals surface area contributed by atoms with Crippen LogP contribution in [0.15, 0.2) is 47.6 Å². The first-order valence-electron chi connectivity index (χ1n) is 10.7. The molecule has 1 N–H and O–H groups in total. The molecule has 3 aromatic rings. The average Bonchev–Trinajstić information content (AvgIpc) is 3.42. The Hall–Kier alpha value is -2.53. The third-order valence-electron chi connectivity index (χ3n) is 5.90. The molecule has 0 radical (unpaired) electrons. The number of ether oxygens (including phenoxy) is 2. The van der Waals surface area contributed by atoms with E-state index in [1.807, 2.05) is 25.2 Å². The molecule has 2 aromatic heterocycles. The second kappa shape index (κ2) is 9.95. The molecule has 0 unspecified atom stereocenters. The minimum absolute atomic E-state index is 0. The summed E-state index contributed by atoms with van der Waals surface area (Å²) in [7, 11) is 1.84. The first-order valence-corrected chi connectivity index (χ1v) is 10.7. The van der Waals surface area contributed by atoms with Crippen molar-refractivity contribution < 1.29 is 9.47 Å². The summed E-state index contributed by atoms with van der Waals surface area (Å²) in [6.07, 6.45) is 2.09. The number of hydrogen-bond donors (Lipinski definition) is 1. The maximum absolute atomic E-state index is 5.50. The van der Waals surface area contributed by atoms with Crippen molar-refractivity contribution in [1.82, 2.24) is 24.5 Å². The highest BCUT2D eigenvalue weighted by Gasteiger charge is 2.21. The summed E-state index contributed by atoms with van der Waals surface area (Å²) in [5, 5.41) is 3.48. The van der Waals surface area contributed by atoms with Gasteiger partial charge in [-0.15, -0.1) is 24.0 Å². The summed E-state index contributed by atoms with van der Waals surface area (Å²) in [5.74, 6) is 2.61. The quantitative estimate of drug-likeness (QED) is 0.308. The van der Waals surface area contributed by atoms with Crippen LogP contribution in [0.3, 0.4) is 0 Å². The van der Waals surface area contributed by atoms with Gasteiger partial charge in [-0.2, -0.15) is 0 Å². The van der Waals surface area contributed by atoms with E-state index in [1.165, 1.54) is 11.3 Å². The number of pyridine rings is 1. The van der Waals surface area contributed by atoms with Gasteiger partial charge in [0.15, 0.2) is 17.5 Å². The summed E-state index contributed by atoms with van der Waals surface area (Å²) >= 11 is 0. The summed E-state index contributed by atoms with van der Waals surface area (Å²) in [4.78, 5) is 14.0. The van der Waals surface area contributed by atoms with E-state index in [1.54, 1.807) is 0 Å². The van der Waals surface area contributed by atoms with Crippen LogP contribution in [0.4, 0.5) is 0 Å². The van der Waals surface area contributed by atoms with Crippen LogP contribution in [0.25, 0.3) is 5.65 Å². The monoisotopic (exact) mass is 548 g/mol. The molecule has 0 amide bonds. The third kappa shape index (κ3) is 4.78. The van der Waals surface area contributed by atoms with E-state index < -0.39 is 0 Å². The number of guanidine groups is 1. The van der Waals surface area contributed by atoms with E-state index in [2.05, 4.69) is 55.8 Å². The predicted octanol–water partition coefficient (Wildman–Crippen LogP) is 2.88. The highest BCUT2D eigenvalue weighted by molar-refractivity contribution is 14.0. The first-order chi connectivity index (χ1) is 15.2. The highest BCUT2D eigenvalue weighted by Crippen LogP contribution is 2.32. The number of rotatable bonds is 4. The molecule has 2 aliphatic heterocycles. The predicted molar refractivity (Wildman–Crippen MR) is 135 cm³/mol. The van der Waals surface area contributed by atoms with Gasteiger partial charge in [-0.1, -0.05) is 12.1 Å². The van der Waals surface area contributed by atoms with E-state index in [9.17, 15) is 0 Å². The summed E-state index contributed by atoms with van der Waals surface area (Å²) in [6.45, 7) is 7.84. The zero-order chi connectivity index (χ0) is 21.2. The standard InChI is InChI=1S/C23H28N6O2.HI/c1-17-4-3-5-22-26-19(15-29(17)22)13-25-23(24-2)28-10-8-27(9-11-28)14-18-6-7-20-21(12-18)31-16-30-20;/h3-7,12,15H,8-11,13-14,16H2,1-2H3,(H,24,25);1H. The Morgan fingerprint density at radius 1 is 1.09 bits per heavy atom. The third-order valence-corrected chi connectivity index (χ3v) is 5.90. The van der Waals surface area contributed by atoms with Crippen LogP contribution in [0, 0.1) is 6.92 Å². The van der Waals surface area contributed by atoms with Crippen molar-refractivity contribution in [3.63, 3.8) is 0 Å². The molecule has 0 aliphatic carbocycles. The van der Waals surface area contributed by atoms with Gasteiger partial charge >= 0.3 is 0 Å². The van der Waals surface area contributed by atoms with Gasteiger partial charge in [-0.25, -0.2) is 4.98 Å². The van der Waals surface area contributed by atoms with Gasteiger partial charge in [0.1, 0.15) is 5.65 Å². The molecule has 0 bridgehead atoms. The van der Waals surface area contributed by atoms with Gasteiger partial charge in [0.25, 0.3) is 0 Å². The molecule has 8 nitrogen and oxygen atoms in total. The lowest BCUT2D eigenvalue weighted by Gasteiger charge is -2.36. The van der Waals surface area contributed by atoms with E-state index in [4.69, 9.17) is 14.5 Å². The smallest absolute Gasteiger partial charge is 0.231 e. The average molecular weight is 548 g/mol. The number of piperazine rings is 1. The lowest BCUT2D eigenvalue weighted by atomic mass is 10.1. The number of aromatic nitrogens is 2. The normalized spacial score (nSPS) is 16.3. The number of fused-ring (bicyclic) bond motifs is 2. The SMILES string of the molecule is CN=C(NCc1cn2c(C)cccc2n1)N1CCN(Cc2ccc3c(c2)OCO3)CC1.I. The molecule has 1 fully saturated rings. The maximum atomic E-state index is 5.50. The largest absolute Gasteiger partial charge is 0.454 e. The van der Waals surface area contributed by atoms with Gasteiger partial charge < -0.3 is 24.1 Å². The van der Waals surface area contributed by atoms with Gasteiger partial charge in [-0.05, 0) is 36.8 Å². The van der Waals surface area contributed by atoms with Crippen molar-refractivity contribution in [2.45, 2.75) is 20.0 Å². The Morgan fingerprint density at radius 2 is 1.91 bits per heavy atom. The fourth-order valence-corrected chi connectivity index (χ4v) is 4.20. The van der Waals surface area contributed by atoms with Crippen LogP contribution in [-0.2, 0) is 13.1 Å². The number of aryl methyl sites for hydroxylation is 1. The van der Waals surface area contributed by atoms with Crippen molar-refractivity contribution in [3.8, 4) is 11.5 Å². The number of halogens is 1. The molecule has 2 aliphatic rings. The van der Waals surface area contributed by atoms with Crippen molar-refractivity contribution in [2.24, 2.45) is 4.99 Å². The first kappa shape index (κ1) is 22.7. The minimum Gasteiger partial charge on any atom is -0.454 e. The van der Waals surface area contributed by atoms with E-state index >= 15 is 0 Å². The Morgan fingerprint density at radius 3 is 2.69 bits per heavy atom. The molecular weight excluding hydrogens is 519 g/mol. The topological polar surface area (TPSA) is 66.6 Å². The lowest BCUT2D eigenvalue weighted by Crippen LogP contribution is -2.52. The fraction of sp³-hybridized carbons (Fsp3) is 0.391. The summed E-state index contributed by atoms with van der Waals surface area (Å²) < 4.78 is 13.0. The van der Waals surface area contributed by atoms with Crippen LogP contribution in [-0.4, -0.2) is 65.2 Å². The Balaban J connectivity index is 0.00000245. The molecular formula is C23H29IN6O2. The molecule has 32 heavy (non-hydrogen) atoms. The number of benzene rings is 1. The summed E-state index contributed by atoms with van der Waals surface area (Å²) in [5.41, 5.74) is 4.42. The van der Waals surface area contributed by atoms with Crippen LogP contribution in [0.1, 0.15) is 17.0 Å². The molecule has 0 saturated carbocycles. The number of nitrogens with one attached hydrogen (secondary N) is 1. The Bertz CT molecular complexity index is 1110. The molecule has 0 spiro atoms. The molecule has 170 valence electrons. The van der Waals surface area contributed by atoms with Gasteiger partial charge in [0.05, 0.1) is 12.2 Å². The fourth-order valence-electron chi connectivity index (χ4n) is 4.20. The van der Waals surface area contributed by atoms with Crippen LogP contribution >= 0.6 is 24.0 Å². The Kier molecular flexibility index (Phi) is 7.04. The molecule has 1 saturated heterocycles. The van der Waals surface area contributed by atoms with E-state index in [0.717, 1.165) is 61.5 Å². The van der Waals surface area contributed by atoms with Crippen LogP contribution in [0.5, 0.6) is 11.5 Å². The molecule has 9 heteroatoms.